The van der Waals surface area contributed by atoms with Crippen LogP contribution in [0, 0.1) is 0 Å². The van der Waals surface area contributed by atoms with Gasteiger partial charge in [-0.15, -0.1) is 11.3 Å². The Balaban J connectivity index is 1.19. The van der Waals surface area contributed by atoms with E-state index in [0.29, 0.717) is 34.6 Å². The molecule has 0 saturated carbocycles. The van der Waals surface area contributed by atoms with Gasteiger partial charge in [-0.2, -0.15) is 0 Å². The minimum atomic E-state index is -0.598. The van der Waals surface area contributed by atoms with Crippen molar-refractivity contribution >= 4 is 51.2 Å². The number of piperazine rings is 1. The first-order valence-electron chi connectivity index (χ1n) is 13.6. The van der Waals surface area contributed by atoms with E-state index in [1.54, 1.807) is 51.1 Å². The first-order valence-corrected chi connectivity index (χ1v) is 14.5. The van der Waals surface area contributed by atoms with E-state index in [9.17, 15) is 19.2 Å². The zero-order chi connectivity index (χ0) is 30.3. The smallest absolute Gasteiger partial charge is 0.407 e. The van der Waals surface area contributed by atoms with Gasteiger partial charge in [0.25, 0.3) is 17.7 Å². The maximum absolute atomic E-state index is 12.7. The maximum atomic E-state index is 12.7. The molecule has 3 aromatic rings. The zero-order valence-electron chi connectivity index (χ0n) is 23.9. The highest BCUT2D eigenvalue weighted by atomic mass is 32.1. The topological polar surface area (TPSA) is 172 Å². The normalized spacial score (nSPS) is 13.9. The van der Waals surface area contributed by atoms with Crippen LogP contribution in [0.25, 0.3) is 10.2 Å². The summed E-state index contributed by atoms with van der Waals surface area (Å²) in [5.41, 5.74) is 6.28. The van der Waals surface area contributed by atoms with Crippen LogP contribution in [0.5, 0.6) is 0 Å². The van der Waals surface area contributed by atoms with Crippen LogP contribution < -0.4 is 26.6 Å². The van der Waals surface area contributed by atoms with Gasteiger partial charge in [0.15, 0.2) is 0 Å². The van der Waals surface area contributed by atoms with Crippen molar-refractivity contribution in [3.8, 4) is 0 Å². The number of rotatable bonds is 10. The lowest BCUT2D eigenvalue weighted by Gasteiger charge is -2.35. The molecule has 0 unspecified atom stereocenters. The molecule has 0 atom stereocenters. The average molecular weight is 597 g/mol. The van der Waals surface area contributed by atoms with Gasteiger partial charge in [-0.3, -0.25) is 19.3 Å². The number of anilines is 1. The van der Waals surface area contributed by atoms with E-state index in [-0.39, 0.29) is 24.9 Å². The monoisotopic (exact) mass is 596 g/mol. The van der Waals surface area contributed by atoms with Crippen LogP contribution in [0.1, 0.15) is 51.2 Å². The van der Waals surface area contributed by atoms with Gasteiger partial charge in [-0.1, -0.05) is 6.07 Å². The van der Waals surface area contributed by atoms with Crippen LogP contribution in [0.2, 0.25) is 0 Å². The molecule has 1 fully saturated rings. The number of thiophene rings is 1. The SMILES string of the molecule is CC(C)(C)OC(=O)NCCNC(=O)c1cccc(C(=O)NCCN2CCN(c3ncnc4cc(C(N)=O)sc34)CC2)c1. The lowest BCUT2D eigenvalue weighted by atomic mass is 10.1. The van der Waals surface area contributed by atoms with Gasteiger partial charge in [0, 0.05) is 63.5 Å². The van der Waals surface area contributed by atoms with Crippen molar-refractivity contribution in [1.29, 1.82) is 0 Å². The summed E-state index contributed by atoms with van der Waals surface area (Å²) in [4.78, 5) is 62.2. The highest BCUT2D eigenvalue weighted by Crippen LogP contribution is 2.31. The van der Waals surface area contributed by atoms with Gasteiger partial charge in [-0.05, 0) is 45.0 Å². The molecule has 0 bridgehead atoms. The van der Waals surface area contributed by atoms with Gasteiger partial charge in [0.05, 0.1) is 15.1 Å². The second-order valence-electron chi connectivity index (χ2n) is 10.7. The Morgan fingerprint density at radius 3 is 2.21 bits per heavy atom. The van der Waals surface area contributed by atoms with Crippen molar-refractivity contribution in [2.45, 2.75) is 26.4 Å². The maximum Gasteiger partial charge on any atom is 0.407 e. The van der Waals surface area contributed by atoms with Gasteiger partial charge < -0.3 is 31.3 Å². The van der Waals surface area contributed by atoms with Crippen molar-refractivity contribution in [3.63, 3.8) is 0 Å². The second-order valence-corrected chi connectivity index (χ2v) is 11.8. The Morgan fingerprint density at radius 2 is 1.57 bits per heavy atom. The summed E-state index contributed by atoms with van der Waals surface area (Å²) in [5, 5.41) is 8.23. The first-order chi connectivity index (χ1) is 20.0. The van der Waals surface area contributed by atoms with E-state index in [0.717, 1.165) is 36.7 Å². The van der Waals surface area contributed by atoms with E-state index < -0.39 is 17.6 Å². The van der Waals surface area contributed by atoms with E-state index in [4.69, 9.17) is 10.5 Å². The van der Waals surface area contributed by atoms with Crippen LogP contribution >= 0.6 is 11.3 Å². The zero-order valence-corrected chi connectivity index (χ0v) is 24.8. The fraction of sp³-hybridized carbons (Fsp3) is 0.429. The molecule has 1 aliphatic rings. The third-order valence-electron chi connectivity index (χ3n) is 6.39. The summed E-state index contributed by atoms with van der Waals surface area (Å²) in [7, 11) is 0. The number of hydrogen-bond donors (Lipinski definition) is 4. The lowest BCUT2D eigenvalue weighted by Crippen LogP contribution is -2.48. The number of fused-ring (bicyclic) bond motifs is 1. The molecule has 0 spiro atoms. The van der Waals surface area contributed by atoms with Crippen molar-refractivity contribution in [3.05, 3.63) is 52.7 Å². The summed E-state index contributed by atoms with van der Waals surface area (Å²) in [6.45, 7) is 9.93. The Bertz CT molecular complexity index is 1450. The van der Waals surface area contributed by atoms with E-state index in [2.05, 4.69) is 35.7 Å². The number of nitrogens with zero attached hydrogens (tertiary/aromatic N) is 4. The Kier molecular flexibility index (Phi) is 9.91. The molecule has 0 radical (unpaired) electrons. The quantitative estimate of drug-likeness (QED) is 0.254. The summed E-state index contributed by atoms with van der Waals surface area (Å²) in [6, 6.07) is 8.18. The number of primary amides is 1. The molecule has 1 aliphatic heterocycles. The second kappa shape index (κ2) is 13.6. The fourth-order valence-corrected chi connectivity index (χ4v) is 5.34. The summed E-state index contributed by atoms with van der Waals surface area (Å²) in [6.07, 6.45) is 0.947. The van der Waals surface area contributed by atoms with Crippen LogP contribution in [-0.2, 0) is 4.74 Å². The number of nitrogens with one attached hydrogen (secondary N) is 3. The molecule has 2 aromatic heterocycles. The van der Waals surface area contributed by atoms with Crippen LogP contribution in [0.4, 0.5) is 10.6 Å². The third kappa shape index (κ3) is 8.36. The highest BCUT2D eigenvalue weighted by molar-refractivity contribution is 7.21. The van der Waals surface area contributed by atoms with Crippen LogP contribution in [0.3, 0.4) is 0 Å². The summed E-state index contributed by atoms with van der Waals surface area (Å²) >= 11 is 1.30. The number of carbonyl (C=O) groups is 4. The van der Waals surface area contributed by atoms with Gasteiger partial charge in [0.2, 0.25) is 0 Å². The van der Waals surface area contributed by atoms with Gasteiger partial charge in [-0.25, -0.2) is 14.8 Å². The van der Waals surface area contributed by atoms with Crippen molar-refractivity contribution in [1.82, 2.24) is 30.8 Å². The molecule has 4 rings (SSSR count). The standard InChI is InChI=1S/C28H36N8O5S/c1-28(2,3)41-27(40)32-8-7-30-25(38)18-5-4-6-19(15-18)26(39)31-9-10-35-11-13-36(14-12-35)24-22-20(33-17-34-24)16-21(42-22)23(29)37/h4-6,15-17H,7-14H2,1-3H3,(H2,29,37)(H,30,38)(H,31,39)(H,32,40). The van der Waals surface area contributed by atoms with Crippen molar-refractivity contribution in [2.24, 2.45) is 5.73 Å². The Hall–Kier alpha value is -4.30. The van der Waals surface area contributed by atoms with E-state index >= 15 is 0 Å². The predicted molar refractivity (Wildman–Crippen MR) is 160 cm³/mol. The molecule has 4 amide bonds. The highest BCUT2D eigenvalue weighted by Gasteiger charge is 2.22. The molecule has 5 N–H and O–H groups in total. The third-order valence-corrected chi connectivity index (χ3v) is 7.52. The largest absolute Gasteiger partial charge is 0.444 e. The number of nitrogens with two attached hydrogens (primary N) is 1. The van der Waals surface area contributed by atoms with Crippen LogP contribution in [-0.4, -0.2) is 96.6 Å². The number of hydrogen-bond acceptors (Lipinski definition) is 10. The van der Waals surface area contributed by atoms with Gasteiger partial charge in [0.1, 0.15) is 17.7 Å². The molecule has 1 aromatic carbocycles. The molecular weight excluding hydrogens is 560 g/mol. The number of ether oxygens (including phenoxy) is 1. The molecular formula is C28H36N8O5S. The molecule has 0 aliphatic carbocycles. The van der Waals surface area contributed by atoms with Crippen molar-refractivity contribution in [2.75, 3.05) is 57.3 Å². The first kappa shape index (κ1) is 30.7. The fourth-order valence-electron chi connectivity index (χ4n) is 4.36. The predicted octanol–water partition coefficient (Wildman–Crippen LogP) is 1.60. The van der Waals surface area contributed by atoms with E-state index in [1.807, 2.05) is 0 Å². The number of amides is 4. The number of aromatic nitrogens is 2. The molecule has 14 heteroatoms. The minimum absolute atomic E-state index is 0.211. The molecule has 13 nitrogen and oxygen atoms in total. The van der Waals surface area contributed by atoms with Gasteiger partial charge >= 0.3 is 6.09 Å². The summed E-state index contributed by atoms with van der Waals surface area (Å²) < 4.78 is 6.00. The number of alkyl carbamates (subject to hydrolysis) is 1. The number of carbonyl (C=O) groups excluding carboxylic acids is 4. The average Bonchev–Trinajstić information content (AvgIpc) is 3.40. The van der Waals surface area contributed by atoms with Crippen LogP contribution in [0.15, 0.2) is 36.7 Å². The Morgan fingerprint density at radius 1 is 0.929 bits per heavy atom. The minimum Gasteiger partial charge on any atom is -0.444 e. The molecule has 3 heterocycles. The number of benzene rings is 1. The van der Waals surface area contributed by atoms with E-state index in [1.165, 1.54) is 17.7 Å². The lowest BCUT2D eigenvalue weighted by molar-refractivity contribution is 0.0526. The summed E-state index contributed by atoms with van der Waals surface area (Å²) in [5.74, 6) is -0.284. The Labute approximate surface area is 247 Å². The molecule has 224 valence electrons. The van der Waals surface area contributed by atoms with Crippen molar-refractivity contribution < 1.29 is 23.9 Å². The molecule has 42 heavy (non-hydrogen) atoms. The molecule has 1 saturated heterocycles.